The van der Waals surface area contributed by atoms with Gasteiger partial charge in [-0.15, -0.1) is 0 Å². The molecular formula is C12H20N2O3. The lowest BCUT2D eigenvalue weighted by Gasteiger charge is -2.10. The van der Waals surface area contributed by atoms with Gasteiger partial charge in [0.15, 0.2) is 0 Å². The zero-order chi connectivity index (χ0) is 12.3. The number of nitrogens with one attached hydrogen (secondary N) is 2. The minimum Gasteiger partial charge on any atom is -0.481 e. The number of rotatable bonds is 5. The molecule has 0 aromatic rings. The second-order valence-electron chi connectivity index (χ2n) is 5.22. The van der Waals surface area contributed by atoms with Crippen LogP contribution in [-0.4, -0.2) is 29.7 Å². The van der Waals surface area contributed by atoms with Crippen molar-refractivity contribution in [3.8, 4) is 0 Å². The first-order valence-corrected chi connectivity index (χ1v) is 6.39. The molecule has 0 bridgehead atoms. The molecule has 3 N–H and O–H groups in total. The summed E-state index contributed by atoms with van der Waals surface area (Å²) in [6.45, 7) is 0.428. The summed E-state index contributed by atoms with van der Waals surface area (Å²) in [5.41, 5.74) is 0.415. The Morgan fingerprint density at radius 2 is 2.00 bits per heavy atom. The maximum atomic E-state index is 11.5. The fraction of sp³-hybridized carbons (Fsp3) is 0.833. The molecule has 2 amide bonds. The van der Waals surface area contributed by atoms with Gasteiger partial charge in [-0.25, -0.2) is 4.79 Å². The first-order valence-electron chi connectivity index (χ1n) is 6.39. The van der Waals surface area contributed by atoms with E-state index < -0.39 is 5.97 Å². The largest absolute Gasteiger partial charge is 0.481 e. The Bertz CT molecular complexity index is 311. The van der Waals surface area contributed by atoms with Crippen LogP contribution < -0.4 is 10.6 Å². The van der Waals surface area contributed by atoms with Gasteiger partial charge < -0.3 is 15.7 Å². The zero-order valence-corrected chi connectivity index (χ0v) is 10.00. The molecule has 2 rings (SSSR count). The molecule has 1 atom stereocenters. The third-order valence-corrected chi connectivity index (χ3v) is 3.95. The number of carboxylic acid groups (broad SMARTS) is 1. The predicted molar refractivity (Wildman–Crippen MR) is 62.7 cm³/mol. The predicted octanol–water partition coefficient (Wildman–Crippen LogP) is 1.48. The number of hydrogen-bond acceptors (Lipinski definition) is 2. The molecule has 2 aliphatic rings. The highest BCUT2D eigenvalue weighted by Gasteiger charge is 2.55. The molecule has 2 fully saturated rings. The van der Waals surface area contributed by atoms with Crippen molar-refractivity contribution in [3.63, 3.8) is 0 Å². The van der Waals surface area contributed by atoms with Gasteiger partial charge in [-0.3, -0.25) is 4.79 Å². The van der Waals surface area contributed by atoms with Gasteiger partial charge in [-0.05, 0) is 31.1 Å². The van der Waals surface area contributed by atoms with E-state index in [9.17, 15) is 9.59 Å². The van der Waals surface area contributed by atoms with Crippen molar-refractivity contribution in [2.24, 2.45) is 5.41 Å². The molecule has 96 valence electrons. The molecule has 1 spiro atoms. The van der Waals surface area contributed by atoms with Crippen molar-refractivity contribution in [1.29, 1.82) is 0 Å². The first-order chi connectivity index (χ1) is 8.12. The van der Waals surface area contributed by atoms with E-state index >= 15 is 0 Å². The molecule has 0 saturated heterocycles. The third kappa shape index (κ3) is 3.11. The van der Waals surface area contributed by atoms with Crippen LogP contribution in [0.4, 0.5) is 4.79 Å². The average molecular weight is 240 g/mol. The highest BCUT2D eigenvalue weighted by Crippen LogP contribution is 2.57. The quantitative estimate of drug-likeness (QED) is 0.637. The zero-order valence-electron chi connectivity index (χ0n) is 10.00. The molecule has 2 aliphatic carbocycles. The second kappa shape index (κ2) is 4.94. The SMILES string of the molecule is O=C(O)CCCNC(=O)NC1CC12CCCC2. The number of aliphatic carboxylic acids is 1. The van der Waals surface area contributed by atoms with Gasteiger partial charge in [-0.1, -0.05) is 12.8 Å². The summed E-state index contributed by atoms with van der Waals surface area (Å²) in [4.78, 5) is 21.8. The van der Waals surface area contributed by atoms with Gasteiger partial charge in [0.25, 0.3) is 0 Å². The molecule has 0 radical (unpaired) electrons. The Morgan fingerprint density at radius 3 is 2.65 bits per heavy atom. The van der Waals surface area contributed by atoms with Gasteiger partial charge in [0.1, 0.15) is 0 Å². The Labute approximate surface area is 101 Å². The van der Waals surface area contributed by atoms with Crippen LogP contribution >= 0.6 is 0 Å². The van der Waals surface area contributed by atoms with E-state index in [1.807, 2.05) is 0 Å². The lowest BCUT2D eigenvalue weighted by Crippen LogP contribution is -2.39. The van der Waals surface area contributed by atoms with Crippen molar-refractivity contribution in [2.45, 2.75) is 51.0 Å². The molecule has 5 nitrogen and oxygen atoms in total. The van der Waals surface area contributed by atoms with Crippen molar-refractivity contribution in [3.05, 3.63) is 0 Å². The van der Waals surface area contributed by atoms with Crippen molar-refractivity contribution >= 4 is 12.0 Å². The number of amides is 2. The molecule has 2 saturated carbocycles. The summed E-state index contributed by atoms with van der Waals surface area (Å²) < 4.78 is 0. The van der Waals surface area contributed by atoms with Crippen LogP contribution in [0.5, 0.6) is 0 Å². The Kier molecular flexibility index (Phi) is 3.54. The molecule has 5 heteroatoms. The van der Waals surface area contributed by atoms with Crippen LogP contribution in [0.1, 0.15) is 44.9 Å². The summed E-state index contributed by atoms with van der Waals surface area (Å²) >= 11 is 0. The van der Waals surface area contributed by atoms with Crippen LogP contribution in [0.2, 0.25) is 0 Å². The summed E-state index contributed by atoms with van der Waals surface area (Å²) in [7, 11) is 0. The minimum absolute atomic E-state index is 0.105. The van der Waals surface area contributed by atoms with Gasteiger partial charge in [-0.2, -0.15) is 0 Å². The van der Waals surface area contributed by atoms with E-state index in [1.165, 1.54) is 25.7 Å². The van der Waals surface area contributed by atoms with E-state index in [0.29, 0.717) is 24.4 Å². The fourth-order valence-electron chi connectivity index (χ4n) is 2.83. The number of carbonyl (C=O) groups is 2. The highest BCUT2D eigenvalue weighted by molar-refractivity contribution is 5.75. The van der Waals surface area contributed by atoms with Gasteiger partial charge >= 0.3 is 12.0 Å². The minimum atomic E-state index is -0.820. The first kappa shape index (κ1) is 12.2. The van der Waals surface area contributed by atoms with E-state index in [4.69, 9.17) is 5.11 Å². The standard InChI is InChI=1S/C12H20N2O3/c15-10(16)4-3-7-13-11(17)14-9-8-12(9)5-1-2-6-12/h9H,1-8H2,(H,15,16)(H2,13,14,17). The lowest BCUT2D eigenvalue weighted by atomic mass is 10.1. The van der Waals surface area contributed by atoms with Crippen LogP contribution in [0.3, 0.4) is 0 Å². The Morgan fingerprint density at radius 1 is 1.29 bits per heavy atom. The highest BCUT2D eigenvalue weighted by atomic mass is 16.4. The smallest absolute Gasteiger partial charge is 0.315 e. The molecule has 1 unspecified atom stereocenters. The molecule has 0 aliphatic heterocycles. The summed E-state index contributed by atoms with van der Waals surface area (Å²) in [5, 5.41) is 14.1. The van der Waals surface area contributed by atoms with Crippen LogP contribution in [-0.2, 0) is 4.79 Å². The molecule has 0 heterocycles. The summed E-state index contributed by atoms with van der Waals surface area (Å²) in [5.74, 6) is -0.820. The van der Waals surface area contributed by atoms with E-state index in [0.717, 1.165) is 6.42 Å². The number of urea groups is 1. The monoisotopic (exact) mass is 240 g/mol. The van der Waals surface area contributed by atoms with E-state index in [-0.39, 0.29) is 12.5 Å². The van der Waals surface area contributed by atoms with Crippen LogP contribution in [0, 0.1) is 5.41 Å². The van der Waals surface area contributed by atoms with Gasteiger partial charge in [0.05, 0.1) is 0 Å². The van der Waals surface area contributed by atoms with Gasteiger partial charge in [0, 0.05) is 19.0 Å². The number of carboxylic acids is 1. The number of carbonyl (C=O) groups excluding carboxylic acids is 1. The maximum absolute atomic E-state index is 11.5. The van der Waals surface area contributed by atoms with Crippen molar-refractivity contribution in [2.75, 3.05) is 6.54 Å². The molecular weight excluding hydrogens is 220 g/mol. The van der Waals surface area contributed by atoms with E-state index in [2.05, 4.69) is 10.6 Å². The second-order valence-corrected chi connectivity index (χ2v) is 5.22. The normalized spacial score (nSPS) is 24.6. The summed E-state index contributed by atoms with van der Waals surface area (Å²) in [6.07, 6.45) is 6.78. The lowest BCUT2D eigenvalue weighted by molar-refractivity contribution is -0.137. The molecule has 0 aromatic carbocycles. The van der Waals surface area contributed by atoms with E-state index in [1.54, 1.807) is 0 Å². The Balaban J connectivity index is 1.57. The molecule has 0 aromatic heterocycles. The van der Waals surface area contributed by atoms with Crippen molar-refractivity contribution in [1.82, 2.24) is 10.6 Å². The average Bonchev–Trinajstić information content (AvgIpc) is 2.72. The fourth-order valence-corrected chi connectivity index (χ4v) is 2.83. The summed E-state index contributed by atoms with van der Waals surface area (Å²) in [6, 6.07) is 0.202. The van der Waals surface area contributed by atoms with Crippen molar-refractivity contribution < 1.29 is 14.7 Å². The topological polar surface area (TPSA) is 78.4 Å². The number of hydrogen-bond donors (Lipinski definition) is 3. The van der Waals surface area contributed by atoms with Crippen LogP contribution in [0.15, 0.2) is 0 Å². The van der Waals surface area contributed by atoms with Crippen LogP contribution in [0.25, 0.3) is 0 Å². The Hall–Kier alpha value is -1.26. The maximum Gasteiger partial charge on any atom is 0.315 e. The van der Waals surface area contributed by atoms with Gasteiger partial charge in [0.2, 0.25) is 0 Å². The third-order valence-electron chi connectivity index (χ3n) is 3.95. The molecule has 17 heavy (non-hydrogen) atoms.